The smallest absolute Gasteiger partial charge is 0.348 e. The lowest BCUT2D eigenvalue weighted by molar-refractivity contribution is 0.101. The number of carbonyl (C=O) groups excluding carboxylic acids is 1. The molecule has 0 fully saturated rings. The number of hydrogen-bond donors (Lipinski definition) is 1. The Labute approximate surface area is 135 Å². The van der Waals surface area contributed by atoms with E-state index in [2.05, 4.69) is 5.32 Å². The number of ketones is 1. The lowest BCUT2D eigenvalue weighted by atomic mass is 10.0. The lowest BCUT2D eigenvalue weighted by Gasteiger charge is -2.11. The monoisotopic (exact) mass is 329 g/mol. The van der Waals surface area contributed by atoms with Crippen LogP contribution in [0.3, 0.4) is 0 Å². The first-order valence-corrected chi connectivity index (χ1v) is 7.22. The van der Waals surface area contributed by atoms with Crippen molar-refractivity contribution in [2.75, 3.05) is 5.32 Å². The van der Waals surface area contributed by atoms with Crippen LogP contribution in [0.2, 0.25) is 0 Å². The molecule has 1 heterocycles. The van der Waals surface area contributed by atoms with Crippen LogP contribution in [0.25, 0.3) is 10.8 Å². The van der Waals surface area contributed by atoms with Crippen LogP contribution in [0.4, 0.5) is 14.7 Å². The van der Waals surface area contributed by atoms with Crippen molar-refractivity contribution in [2.24, 2.45) is 0 Å². The second kappa shape index (κ2) is 6.23. The maximum Gasteiger partial charge on any atom is 0.348 e. The summed E-state index contributed by atoms with van der Waals surface area (Å²) in [4.78, 5) is 24.0. The fraction of sp³-hybridized carbons (Fsp3) is 0.111. The summed E-state index contributed by atoms with van der Waals surface area (Å²) in [6.45, 7) is 1.44. The van der Waals surface area contributed by atoms with Gasteiger partial charge in [0.05, 0.1) is 5.56 Å². The summed E-state index contributed by atoms with van der Waals surface area (Å²) < 4.78 is 32.2. The summed E-state index contributed by atoms with van der Waals surface area (Å²) in [5.41, 5.74) is -0.193. The number of fused-ring (bicyclic) bond motifs is 1. The Morgan fingerprint density at radius 2 is 1.92 bits per heavy atom. The van der Waals surface area contributed by atoms with Crippen molar-refractivity contribution in [3.05, 3.63) is 75.6 Å². The van der Waals surface area contributed by atoms with E-state index < -0.39 is 17.3 Å². The van der Waals surface area contributed by atoms with E-state index in [4.69, 9.17) is 4.42 Å². The van der Waals surface area contributed by atoms with Gasteiger partial charge in [-0.1, -0.05) is 24.3 Å². The molecule has 24 heavy (non-hydrogen) atoms. The molecule has 0 aliphatic rings. The fourth-order valence-electron chi connectivity index (χ4n) is 2.56. The highest BCUT2D eigenvalue weighted by atomic mass is 19.1. The molecule has 0 aliphatic heterocycles. The third-order valence-electron chi connectivity index (χ3n) is 3.60. The number of rotatable bonds is 4. The maximum atomic E-state index is 13.9. The van der Waals surface area contributed by atoms with Crippen molar-refractivity contribution in [1.82, 2.24) is 0 Å². The lowest BCUT2D eigenvalue weighted by Crippen LogP contribution is -2.12. The summed E-state index contributed by atoms with van der Waals surface area (Å²) >= 11 is 0. The Kier molecular flexibility index (Phi) is 4.12. The highest BCUT2D eigenvalue weighted by Crippen LogP contribution is 2.26. The minimum Gasteiger partial charge on any atom is -0.405 e. The minimum atomic E-state index is -0.880. The molecule has 1 aromatic heterocycles. The molecule has 3 aromatic rings. The second-order valence-electron chi connectivity index (χ2n) is 5.30. The van der Waals surface area contributed by atoms with Gasteiger partial charge in [-0.3, -0.25) is 4.79 Å². The van der Waals surface area contributed by atoms with E-state index in [0.29, 0.717) is 5.56 Å². The number of carbonyl (C=O) groups is 1. The van der Waals surface area contributed by atoms with Crippen molar-refractivity contribution in [3.63, 3.8) is 0 Å². The van der Waals surface area contributed by atoms with Crippen molar-refractivity contribution < 1.29 is 18.0 Å². The van der Waals surface area contributed by atoms with Crippen molar-refractivity contribution in [2.45, 2.75) is 13.5 Å². The summed E-state index contributed by atoms with van der Waals surface area (Å²) in [6, 6.07) is 9.89. The zero-order valence-electron chi connectivity index (χ0n) is 12.7. The SMILES string of the molecule is CC(=O)c1c(NCc2cccc(F)c2)oc(=O)c2c(F)cccc12. The largest absolute Gasteiger partial charge is 0.405 e. The van der Waals surface area contributed by atoms with Gasteiger partial charge in [0.15, 0.2) is 5.78 Å². The van der Waals surface area contributed by atoms with E-state index in [0.717, 1.165) is 6.07 Å². The van der Waals surface area contributed by atoms with Gasteiger partial charge in [-0.25, -0.2) is 13.6 Å². The first kappa shape index (κ1) is 15.9. The van der Waals surface area contributed by atoms with Crippen LogP contribution in [0.5, 0.6) is 0 Å². The molecular formula is C18H13F2NO3. The van der Waals surface area contributed by atoms with Gasteiger partial charge >= 0.3 is 5.63 Å². The van der Waals surface area contributed by atoms with Crippen LogP contribution < -0.4 is 10.9 Å². The predicted octanol–water partition coefficient (Wildman–Crippen LogP) is 3.89. The van der Waals surface area contributed by atoms with Crippen LogP contribution in [0, 0.1) is 11.6 Å². The molecule has 0 aliphatic carbocycles. The number of benzene rings is 2. The molecule has 0 saturated carbocycles. The zero-order chi connectivity index (χ0) is 17.3. The molecule has 0 saturated heterocycles. The van der Waals surface area contributed by atoms with E-state index in [1.807, 2.05) is 0 Å². The van der Waals surface area contributed by atoms with Gasteiger partial charge in [0, 0.05) is 11.9 Å². The molecule has 0 spiro atoms. The average molecular weight is 329 g/mol. The standard InChI is InChI=1S/C18H13F2NO3/c1-10(22)15-13-6-3-7-14(20)16(13)18(23)24-17(15)21-9-11-4-2-5-12(19)8-11/h2-8,21H,9H2,1H3. The highest BCUT2D eigenvalue weighted by Gasteiger charge is 2.19. The zero-order valence-corrected chi connectivity index (χ0v) is 12.7. The quantitative estimate of drug-likeness (QED) is 0.738. The van der Waals surface area contributed by atoms with Gasteiger partial charge < -0.3 is 9.73 Å². The third kappa shape index (κ3) is 2.90. The van der Waals surface area contributed by atoms with Gasteiger partial charge in [-0.2, -0.15) is 0 Å². The fourth-order valence-corrected chi connectivity index (χ4v) is 2.56. The number of halogens is 2. The highest BCUT2D eigenvalue weighted by molar-refractivity contribution is 6.10. The van der Waals surface area contributed by atoms with E-state index in [9.17, 15) is 18.4 Å². The van der Waals surface area contributed by atoms with Crippen LogP contribution in [0.15, 0.2) is 51.7 Å². The molecule has 0 bridgehead atoms. The Morgan fingerprint density at radius 3 is 2.62 bits per heavy atom. The van der Waals surface area contributed by atoms with E-state index in [1.165, 1.54) is 31.2 Å². The first-order valence-electron chi connectivity index (χ1n) is 7.22. The summed E-state index contributed by atoms with van der Waals surface area (Å²) in [5.74, 6) is -1.59. The average Bonchev–Trinajstić information content (AvgIpc) is 2.52. The molecule has 3 rings (SSSR count). The normalized spacial score (nSPS) is 10.8. The maximum absolute atomic E-state index is 13.9. The van der Waals surface area contributed by atoms with E-state index >= 15 is 0 Å². The van der Waals surface area contributed by atoms with Gasteiger partial charge in [0.2, 0.25) is 5.88 Å². The summed E-state index contributed by atoms with van der Waals surface area (Å²) in [5, 5.41) is 2.73. The van der Waals surface area contributed by atoms with Gasteiger partial charge in [-0.05, 0) is 30.7 Å². The molecule has 122 valence electrons. The first-order chi connectivity index (χ1) is 11.5. The molecule has 0 amide bonds. The minimum absolute atomic E-state index is 0.0603. The summed E-state index contributed by atoms with van der Waals surface area (Å²) in [6.07, 6.45) is 0. The molecule has 4 nitrogen and oxygen atoms in total. The third-order valence-corrected chi connectivity index (χ3v) is 3.60. The number of nitrogens with one attached hydrogen (secondary N) is 1. The number of Topliss-reactive ketones (excluding diaryl/α,β-unsaturated/α-hetero) is 1. The molecule has 6 heteroatoms. The van der Waals surface area contributed by atoms with Crippen LogP contribution in [-0.4, -0.2) is 5.78 Å². The topological polar surface area (TPSA) is 59.3 Å². The molecule has 0 radical (unpaired) electrons. The predicted molar refractivity (Wildman–Crippen MR) is 86.2 cm³/mol. The van der Waals surface area contributed by atoms with Crippen LogP contribution in [-0.2, 0) is 6.54 Å². The van der Waals surface area contributed by atoms with Gasteiger partial charge in [-0.15, -0.1) is 0 Å². The van der Waals surface area contributed by atoms with Crippen LogP contribution in [0.1, 0.15) is 22.8 Å². The Hall–Kier alpha value is -3.02. The molecular weight excluding hydrogens is 316 g/mol. The molecule has 0 unspecified atom stereocenters. The van der Waals surface area contributed by atoms with Crippen LogP contribution >= 0.6 is 0 Å². The number of anilines is 1. The summed E-state index contributed by atoms with van der Waals surface area (Å²) in [7, 11) is 0. The Morgan fingerprint density at radius 1 is 1.17 bits per heavy atom. The van der Waals surface area contributed by atoms with E-state index in [-0.39, 0.29) is 34.5 Å². The Balaban J connectivity index is 2.09. The van der Waals surface area contributed by atoms with Gasteiger partial charge in [0.1, 0.15) is 17.0 Å². The van der Waals surface area contributed by atoms with Crippen molar-refractivity contribution in [1.29, 1.82) is 0 Å². The number of hydrogen-bond acceptors (Lipinski definition) is 4. The van der Waals surface area contributed by atoms with Crippen molar-refractivity contribution in [3.8, 4) is 0 Å². The molecule has 1 N–H and O–H groups in total. The van der Waals surface area contributed by atoms with Gasteiger partial charge in [0.25, 0.3) is 0 Å². The molecule has 2 aromatic carbocycles. The molecule has 0 atom stereocenters. The van der Waals surface area contributed by atoms with Crippen molar-refractivity contribution >= 4 is 22.4 Å². The Bertz CT molecular complexity index is 995. The second-order valence-corrected chi connectivity index (χ2v) is 5.30. The van der Waals surface area contributed by atoms with E-state index in [1.54, 1.807) is 12.1 Å².